The largest absolute Gasteiger partial charge is 0.381 e. The maximum absolute atomic E-state index is 6.25. The molecule has 116 valence electrons. The maximum Gasteiger partial charge on any atom is 0.0506 e. The van der Waals surface area contributed by atoms with Crippen LogP contribution in [0.15, 0.2) is 0 Å². The first-order valence-electron chi connectivity index (χ1n) is 8.72. The minimum atomic E-state index is 0.281. The van der Waals surface area contributed by atoms with E-state index in [-0.39, 0.29) is 5.54 Å². The number of hydrogen-bond acceptors (Lipinski definition) is 3. The van der Waals surface area contributed by atoms with Crippen LogP contribution >= 0.6 is 0 Å². The van der Waals surface area contributed by atoms with Crippen molar-refractivity contribution in [3.63, 3.8) is 0 Å². The van der Waals surface area contributed by atoms with Crippen molar-refractivity contribution in [3.05, 3.63) is 0 Å². The predicted molar refractivity (Wildman–Crippen MR) is 82.6 cm³/mol. The number of ether oxygens (including phenoxy) is 1. The molecular weight excluding hydrogens is 248 g/mol. The Morgan fingerprint density at radius 2 is 2.00 bits per heavy atom. The van der Waals surface area contributed by atoms with Crippen LogP contribution in [-0.2, 0) is 4.74 Å². The molecule has 3 heteroatoms. The van der Waals surface area contributed by atoms with Crippen molar-refractivity contribution < 1.29 is 4.74 Å². The van der Waals surface area contributed by atoms with Crippen LogP contribution in [0.2, 0.25) is 0 Å². The van der Waals surface area contributed by atoms with E-state index in [4.69, 9.17) is 10.5 Å². The first kappa shape index (κ1) is 14.8. The molecule has 20 heavy (non-hydrogen) atoms. The minimum absolute atomic E-state index is 0.281. The van der Waals surface area contributed by atoms with Gasteiger partial charge in [-0.05, 0) is 63.3 Å². The Balaban J connectivity index is 1.60. The predicted octanol–water partition coefficient (Wildman–Crippen LogP) is 2.64. The first-order valence-corrected chi connectivity index (χ1v) is 8.72. The Morgan fingerprint density at radius 1 is 1.15 bits per heavy atom. The van der Waals surface area contributed by atoms with E-state index in [1.54, 1.807) is 0 Å². The maximum atomic E-state index is 6.25. The molecule has 1 heterocycles. The van der Waals surface area contributed by atoms with Crippen molar-refractivity contribution in [2.75, 3.05) is 33.4 Å². The third-order valence-electron chi connectivity index (χ3n) is 6.12. The third kappa shape index (κ3) is 3.20. The molecule has 3 fully saturated rings. The zero-order valence-corrected chi connectivity index (χ0v) is 13.2. The molecule has 0 aromatic rings. The fourth-order valence-electron chi connectivity index (χ4n) is 4.58. The Bertz CT molecular complexity index is 312. The average molecular weight is 280 g/mol. The van der Waals surface area contributed by atoms with Gasteiger partial charge in [-0.3, -0.25) is 4.90 Å². The van der Waals surface area contributed by atoms with Gasteiger partial charge in [-0.25, -0.2) is 0 Å². The Kier molecular flexibility index (Phi) is 4.68. The van der Waals surface area contributed by atoms with E-state index in [1.165, 1.54) is 57.9 Å². The topological polar surface area (TPSA) is 38.5 Å². The van der Waals surface area contributed by atoms with E-state index in [9.17, 15) is 0 Å². The van der Waals surface area contributed by atoms with Crippen molar-refractivity contribution in [2.45, 2.75) is 56.9 Å². The van der Waals surface area contributed by atoms with E-state index in [0.717, 1.165) is 37.5 Å². The second-order valence-corrected chi connectivity index (χ2v) is 7.59. The molecule has 3 aliphatic rings. The van der Waals surface area contributed by atoms with Gasteiger partial charge >= 0.3 is 0 Å². The molecule has 1 aliphatic heterocycles. The molecule has 1 saturated heterocycles. The molecule has 3 nitrogen and oxygen atoms in total. The van der Waals surface area contributed by atoms with E-state index in [0.29, 0.717) is 0 Å². The number of likely N-dealkylation sites (N-methyl/N-ethyl adjacent to an activating group) is 1. The fraction of sp³-hybridized carbons (Fsp3) is 1.00. The zero-order chi connectivity index (χ0) is 14.0. The van der Waals surface area contributed by atoms with Crippen LogP contribution in [0.25, 0.3) is 0 Å². The van der Waals surface area contributed by atoms with Crippen molar-refractivity contribution in [2.24, 2.45) is 23.5 Å². The van der Waals surface area contributed by atoms with Gasteiger partial charge in [0.1, 0.15) is 0 Å². The van der Waals surface area contributed by atoms with Crippen LogP contribution in [0.5, 0.6) is 0 Å². The molecule has 2 saturated carbocycles. The van der Waals surface area contributed by atoms with E-state index in [1.807, 2.05) is 0 Å². The van der Waals surface area contributed by atoms with Crippen LogP contribution in [0, 0.1) is 17.8 Å². The summed E-state index contributed by atoms with van der Waals surface area (Å²) in [5.41, 5.74) is 6.53. The molecule has 0 amide bonds. The highest BCUT2D eigenvalue weighted by molar-refractivity contribution is 4.99. The molecule has 2 N–H and O–H groups in total. The number of nitrogens with two attached hydrogens (primary N) is 1. The highest BCUT2D eigenvalue weighted by Gasteiger charge is 2.43. The lowest BCUT2D eigenvalue weighted by molar-refractivity contribution is 0.000238. The van der Waals surface area contributed by atoms with Gasteiger partial charge in [0, 0.05) is 25.2 Å². The van der Waals surface area contributed by atoms with Crippen LogP contribution in [0.1, 0.15) is 51.4 Å². The summed E-state index contributed by atoms with van der Waals surface area (Å²) in [5, 5.41) is 0. The van der Waals surface area contributed by atoms with Crippen LogP contribution < -0.4 is 5.73 Å². The average Bonchev–Trinajstić information content (AvgIpc) is 3.33. The second kappa shape index (κ2) is 6.33. The number of rotatable bonds is 5. The van der Waals surface area contributed by atoms with Crippen LogP contribution in [0.3, 0.4) is 0 Å². The van der Waals surface area contributed by atoms with Crippen molar-refractivity contribution in [1.29, 1.82) is 0 Å². The van der Waals surface area contributed by atoms with Gasteiger partial charge in [-0.15, -0.1) is 0 Å². The summed E-state index contributed by atoms with van der Waals surface area (Å²) in [6.45, 7) is 3.93. The molecule has 0 spiro atoms. The van der Waals surface area contributed by atoms with Crippen LogP contribution in [0.4, 0.5) is 0 Å². The lowest BCUT2D eigenvalue weighted by atomic mass is 9.72. The molecular formula is C17H32N2O. The van der Waals surface area contributed by atoms with Gasteiger partial charge in [0.25, 0.3) is 0 Å². The number of hydrogen-bond donors (Lipinski definition) is 1. The van der Waals surface area contributed by atoms with Gasteiger partial charge < -0.3 is 10.5 Å². The molecule has 0 bridgehead atoms. The molecule has 3 atom stereocenters. The van der Waals surface area contributed by atoms with Gasteiger partial charge in [0.05, 0.1) is 6.61 Å². The van der Waals surface area contributed by atoms with Gasteiger partial charge in [0.2, 0.25) is 0 Å². The Hall–Kier alpha value is -0.120. The quantitative estimate of drug-likeness (QED) is 0.841. The van der Waals surface area contributed by atoms with Gasteiger partial charge in [-0.1, -0.05) is 12.8 Å². The van der Waals surface area contributed by atoms with Crippen molar-refractivity contribution >= 4 is 0 Å². The van der Waals surface area contributed by atoms with E-state index >= 15 is 0 Å². The Labute approximate surface area is 124 Å². The second-order valence-electron chi connectivity index (χ2n) is 7.59. The standard InChI is InChI=1S/C17H32N2O/c1-19(11-14-4-3-9-20-12-14)17(13-18)8-2-5-16(10-17)15-6-7-15/h14-16H,2-13,18H2,1H3. The van der Waals surface area contributed by atoms with Gasteiger partial charge in [-0.2, -0.15) is 0 Å². The molecule has 3 rings (SSSR count). The zero-order valence-electron chi connectivity index (χ0n) is 13.2. The summed E-state index contributed by atoms with van der Waals surface area (Å²) in [5.74, 6) is 2.71. The Morgan fingerprint density at radius 3 is 2.65 bits per heavy atom. The summed E-state index contributed by atoms with van der Waals surface area (Å²) >= 11 is 0. The highest BCUT2D eigenvalue weighted by atomic mass is 16.5. The number of nitrogens with zero attached hydrogens (tertiary/aromatic N) is 1. The lowest BCUT2D eigenvalue weighted by Gasteiger charge is -2.48. The van der Waals surface area contributed by atoms with Crippen molar-refractivity contribution in [1.82, 2.24) is 4.90 Å². The first-order chi connectivity index (χ1) is 9.73. The molecule has 0 aromatic carbocycles. The molecule has 3 unspecified atom stereocenters. The van der Waals surface area contributed by atoms with E-state index < -0.39 is 0 Å². The summed E-state index contributed by atoms with van der Waals surface area (Å²) in [6.07, 6.45) is 11.0. The molecule has 0 radical (unpaired) electrons. The molecule has 0 aromatic heterocycles. The summed E-state index contributed by atoms with van der Waals surface area (Å²) < 4.78 is 5.65. The summed E-state index contributed by atoms with van der Waals surface area (Å²) in [6, 6.07) is 0. The summed E-state index contributed by atoms with van der Waals surface area (Å²) in [4.78, 5) is 2.61. The lowest BCUT2D eigenvalue weighted by Crippen LogP contribution is -2.56. The van der Waals surface area contributed by atoms with Crippen molar-refractivity contribution in [3.8, 4) is 0 Å². The van der Waals surface area contributed by atoms with Crippen LogP contribution in [-0.4, -0.2) is 43.8 Å². The highest BCUT2D eigenvalue weighted by Crippen LogP contribution is 2.47. The molecule has 2 aliphatic carbocycles. The van der Waals surface area contributed by atoms with E-state index in [2.05, 4.69) is 11.9 Å². The minimum Gasteiger partial charge on any atom is -0.381 e. The normalized spacial score (nSPS) is 39.1. The van der Waals surface area contributed by atoms with Gasteiger partial charge in [0.15, 0.2) is 0 Å². The smallest absolute Gasteiger partial charge is 0.0506 e. The SMILES string of the molecule is CN(CC1CCCOC1)C1(CN)CCCC(C2CC2)C1. The monoisotopic (exact) mass is 280 g/mol. The third-order valence-corrected chi connectivity index (χ3v) is 6.12. The fourth-order valence-corrected chi connectivity index (χ4v) is 4.58. The summed E-state index contributed by atoms with van der Waals surface area (Å²) in [7, 11) is 2.32.